The standard InChI is InChI=1S/C25H30N6O5/c1-6-8-10-30(20-21(26)31(9-7-2)25(34)28-22(20)32)24(33)17-12-18(16-11-13(3)35-15(16)5)27-23-19(17)14(4)29-36-23/h11-12H,6-10,26H2,1-5H3,(H,28,32,34). The van der Waals surface area contributed by atoms with Gasteiger partial charge in [0.2, 0.25) is 0 Å². The quantitative estimate of drug-likeness (QED) is 0.376. The van der Waals surface area contributed by atoms with Crippen LogP contribution in [0.5, 0.6) is 0 Å². The van der Waals surface area contributed by atoms with Gasteiger partial charge in [0.1, 0.15) is 17.3 Å². The Kier molecular flexibility index (Phi) is 6.82. The van der Waals surface area contributed by atoms with E-state index in [4.69, 9.17) is 14.7 Å². The predicted octanol–water partition coefficient (Wildman–Crippen LogP) is 3.70. The van der Waals surface area contributed by atoms with Crippen molar-refractivity contribution < 1.29 is 13.7 Å². The van der Waals surface area contributed by atoms with E-state index in [9.17, 15) is 14.4 Å². The maximum Gasteiger partial charge on any atom is 0.330 e. The van der Waals surface area contributed by atoms with Crippen LogP contribution in [0.15, 0.2) is 30.7 Å². The minimum atomic E-state index is -0.719. The summed E-state index contributed by atoms with van der Waals surface area (Å²) in [7, 11) is 0. The van der Waals surface area contributed by atoms with E-state index in [0.29, 0.717) is 53.2 Å². The predicted molar refractivity (Wildman–Crippen MR) is 136 cm³/mol. The molecule has 0 aromatic carbocycles. The fraction of sp³-hybridized carbons (Fsp3) is 0.400. The first-order valence-electron chi connectivity index (χ1n) is 12.0. The molecule has 4 rings (SSSR count). The largest absolute Gasteiger partial charge is 0.466 e. The van der Waals surface area contributed by atoms with E-state index >= 15 is 0 Å². The first kappa shape index (κ1) is 25.0. The number of rotatable bonds is 8. The van der Waals surface area contributed by atoms with Crippen molar-refractivity contribution in [3.05, 3.63) is 55.7 Å². The number of nitrogens with zero attached hydrogens (tertiary/aromatic N) is 4. The second kappa shape index (κ2) is 9.84. The zero-order valence-electron chi connectivity index (χ0n) is 21.1. The Hall–Kier alpha value is -4.15. The van der Waals surface area contributed by atoms with Crippen LogP contribution in [0.3, 0.4) is 0 Å². The van der Waals surface area contributed by atoms with Crippen LogP contribution in [-0.4, -0.2) is 32.1 Å². The number of carbonyl (C=O) groups excluding carboxylic acids is 1. The molecule has 0 aliphatic heterocycles. The van der Waals surface area contributed by atoms with Gasteiger partial charge in [-0.1, -0.05) is 25.4 Å². The Bertz CT molecular complexity index is 1560. The number of nitrogen functional groups attached to an aromatic ring is 1. The Morgan fingerprint density at radius 1 is 1.17 bits per heavy atom. The number of fused-ring (bicyclic) bond motifs is 1. The van der Waals surface area contributed by atoms with E-state index in [0.717, 1.165) is 6.42 Å². The molecule has 1 amide bonds. The molecule has 0 radical (unpaired) electrons. The molecular weight excluding hydrogens is 464 g/mol. The molecule has 0 unspecified atom stereocenters. The first-order chi connectivity index (χ1) is 17.2. The molecule has 4 aromatic rings. The van der Waals surface area contributed by atoms with Crippen molar-refractivity contribution in [3.63, 3.8) is 0 Å². The Morgan fingerprint density at radius 2 is 1.92 bits per heavy atom. The smallest absolute Gasteiger partial charge is 0.330 e. The minimum Gasteiger partial charge on any atom is -0.466 e. The van der Waals surface area contributed by atoms with Crippen LogP contribution in [0.4, 0.5) is 11.5 Å². The summed E-state index contributed by atoms with van der Waals surface area (Å²) in [5.41, 5.74) is 7.06. The lowest BCUT2D eigenvalue weighted by molar-refractivity contribution is 0.0987. The Labute approximate surface area is 206 Å². The van der Waals surface area contributed by atoms with Crippen molar-refractivity contribution in [2.24, 2.45) is 0 Å². The molecule has 0 saturated carbocycles. The highest BCUT2D eigenvalue weighted by molar-refractivity contribution is 6.14. The number of anilines is 2. The average molecular weight is 495 g/mol. The molecule has 0 bridgehead atoms. The van der Waals surface area contributed by atoms with Gasteiger partial charge in [-0.2, -0.15) is 0 Å². The molecule has 0 spiro atoms. The summed E-state index contributed by atoms with van der Waals surface area (Å²) < 4.78 is 12.4. The molecule has 190 valence electrons. The number of aromatic nitrogens is 4. The lowest BCUT2D eigenvalue weighted by atomic mass is 10.0. The molecule has 0 aliphatic rings. The van der Waals surface area contributed by atoms with E-state index in [1.165, 1.54) is 9.47 Å². The van der Waals surface area contributed by atoms with Crippen molar-refractivity contribution >= 4 is 28.5 Å². The number of unbranched alkanes of at least 4 members (excludes halogenated alkanes) is 1. The number of hydrogen-bond donors (Lipinski definition) is 2. The average Bonchev–Trinajstić information content (AvgIpc) is 3.38. The van der Waals surface area contributed by atoms with Gasteiger partial charge in [0.25, 0.3) is 17.2 Å². The highest BCUT2D eigenvalue weighted by Crippen LogP contribution is 2.32. The molecule has 11 nitrogen and oxygen atoms in total. The third kappa shape index (κ3) is 4.32. The maximum absolute atomic E-state index is 14.2. The minimum absolute atomic E-state index is 0.0519. The van der Waals surface area contributed by atoms with Gasteiger partial charge in [-0.3, -0.25) is 19.1 Å². The lowest BCUT2D eigenvalue weighted by Gasteiger charge is -2.25. The monoisotopic (exact) mass is 494 g/mol. The van der Waals surface area contributed by atoms with Gasteiger partial charge < -0.3 is 19.6 Å². The van der Waals surface area contributed by atoms with Gasteiger partial charge in [-0.05, 0) is 45.7 Å². The van der Waals surface area contributed by atoms with Gasteiger partial charge in [-0.25, -0.2) is 9.78 Å². The molecule has 4 heterocycles. The zero-order valence-corrected chi connectivity index (χ0v) is 21.1. The summed E-state index contributed by atoms with van der Waals surface area (Å²) >= 11 is 0. The van der Waals surface area contributed by atoms with Crippen LogP contribution in [0.25, 0.3) is 22.4 Å². The highest BCUT2D eigenvalue weighted by atomic mass is 16.5. The van der Waals surface area contributed by atoms with Gasteiger partial charge in [0.15, 0.2) is 5.69 Å². The summed E-state index contributed by atoms with van der Waals surface area (Å²) in [5.74, 6) is 0.821. The normalized spacial score (nSPS) is 11.4. The molecule has 4 aromatic heterocycles. The second-order valence-electron chi connectivity index (χ2n) is 8.79. The molecule has 0 saturated heterocycles. The summed E-state index contributed by atoms with van der Waals surface area (Å²) in [6, 6.07) is 3.48. The second-order valence-corrected chi connectivity index (χ2v) is 8.79. The fourth-order valence-electron chi connectivity index (χ4n) is 4.35. The molecule has 3 N–H and O–H groups in total. The van der Waals surface area contributed by atoms with Crippen molar-refractivity contribution in [1.29, 1.82) is 0 Å². The molecule has 11 heteroatoms. The fourth-order valence-corrected chi connectivity index (χ4v) is 4.35. The summed E-state index contributed by atoms with van der Waals surface area (Å²) in [5, 5.41) is 4.46. The summed E-state index contributed by atoms with van der Waals surface area (Å²) in [6.07, 6.45) is 2.00. The van der Waals surface area contributed by atoms with Gasteiger partial charge in [0, 0.05) is 18.7 Å². The summed E-state index contributed by atoms with van der Waals surface area (Å²) in [6.45, 7) is 9.75. The maximum atomic E-state index is 14.2. The number of H-pyrrole nitrogens is 1. The van der Waals surface area contributed by atoms with Gasteiger partial charge >= 0.3 is 5.69 Å². The third-order valence-electron chi connectivity index (χ3n) is 6.08. The number of nitrogens with one attached hydrogen (secondary N) is 1. The van der Waals surface area contributed by atoms with Gasteiger partial charge in [0.05, 0.1) is 22.3 Å². The lowest BCUT2D eigenvalue weighted by Crippen LogP contribution is -2.41. The molecular formula is C25H30N6O5. The Morgan fingerprint density at radius 3 is 2.56 bits per heavy atom. The van der Waals surface area contributed by atoms with Crippen LogP contribution in [-0.2, 0) is 6.54 Å². The topological polar surface area (TPSA) is 153 Å². The third-order valence-corrected chi connectivity index (χ3v) is 6.08. The molecule has 0 atom stereocenters. The molecule has 36 heavy (non-hydrogen) atoms. The number of furan rings is 1. The SMILES string of the molecule is CCCCN(C(=O)c1cc(-c2cc(C)oc2C)nc2onc(C)c12)c1c(N)n(CCC)c(=O)[nH]c1=O. The van der Waals surface area contributed by atoms with E-state index in [-0.39, 0.29) is 29.3 Å². The van der Waals surface area contributed by atoms with Crippen LogP contribution >= 0.6 is 0 Å². The number of amides is 1. The summed E-state index contributed by atoms with van der Waals surface area (Å²) in [4.78, 5) is 47.7. The van der Waals surface area contributed by atoms with Crippen molar-refractivity contribution in [2.75, 3.05) is 17.2 Å². The van der Waals surface area contributed by atoms with Crippen molar-refractivity contribution in [2.45, 2.75) is 60.4 Å². The van der Waals surface area contributed by atoms with Crippen LogP contribution in [0.1, 0.15) is 60.7 Å². The number of pyridine rings is 1. The van der Waals surface area contributed by atoms with E-state index in [2.05, 4.69) is 15.1 Å². The van der Waals surface area contributed by atoms with Crippen molar-refractivity contribution in [3.8, 4) is 11.3 Å². The van der Waals surface area contributed by atoms with Gasteiger partial charge in [-0.15, -0.1) is 0 Å². The molecule has 0 fully saturated rings. The van der Waals surface area contributed by atoms with Crippen LogP contribution < -0.4 is 21.9 Å². The van der Waals surface area contributed by atoms with E-state index < -0.39 is 17.2 Å². The number of carbonyl (C=O) groups is 1. The van der Waals surface area contributed by atoms with E-state index in [1.807, 2.05) is 33.8 Å². The number of aromatic amines is 1. The first-order valence-corrected chi connectivity index (χ1v) is 12.0. The molecule has 0 aliphatic carbocycles. The number of hydrogen-bond acceptors (Lipinski definition) is 8. The Balaban J connectivity index is 1.95. The number of nitrogens with two attached hydrogens (primary N) is 1. The van der Waals surface area contributed by atoms with Crippen LogP contribution in [0.2, 0.25) is 0 Å². The number of aryl methyl sites for hydroxylation is 3. The highest BCUT2D eigenvalue weighted by Gasteiger charge is 2.29. The zero-order chi connectivity index (χ0) is 26.1. The van der Waals surface area contributed by atoms with E-state index in [1.54, 1.807) is 13.0 Å². The van der Waals surface area contributed by atoms with Crippen LogP contribution in [0, 0.1) is 20.8 Å². The van der Waals surface area contributed by atoms with Crippen molar-refractivity contribution in [1.82, 2.24) is 19.7 Å².